The number of para-hydroxylation sites is 4. The summed E-state index contributed by atoms with van der Waals surface area (Å²) in [6.07, 6.45) is 4.87. The van der Waals surface area contributed by atoms with E-state index in [0.717, 1.165) is 56.9 Å². The van der Waals surface area contributed by atoms with Crippen LogP contribution in [-0.2, 0) is 26.4 Å². The maximum atomic E-state index is 11.7. The van der Waals surface area contributed by atoms with Gasteiger partial charge in [-0.1, -0.05) is 144 Å². The first-order chi connectivity index (χ1) is 46.8. The van der Waals surface area contributed by atoms with E-state index in [0.29, 0.717) is 45.0 Å². The van der Waals surface area contributed by atoms with Crippen LogP contribution in [0.1, 0.15) is 67.8 Å². The molecular formula is C64H72Gd4N12O20. The third-order valence-electron chi connectivity index (χ3n) is 9.81. The molecule has 4 radical (unpaired) electrons. The fourth-order valence-corrected chi connectivity index (χ4v) is 5.87. The van der Waals surface area contributed by atoms with Crippen molar-refractivity contribution < 1.29 is 262 Å². The van der Waals surface area contributed by atoms with E-state index in [2.05, 4.69) is 60.7 Å². The molecule has 8 rings (SSSR count). The Labute approximate surface area is 706 Å². The van der Waals surface area contributed by atoms with Crippen LogP contribution in [0.25, 0.3) is 0 Å². The third kappa shape index (κ3) is 48.0. The number of aliphatic hydroxyl groups excluding tert-OH is 8. The second kappa shape index (κ2) is 75.7. The average Bonchev–Trinajstić information content (AvgIpc) is 0.975. The molecule has 0 aliphatic rings. The van der Waals surface area contributed by atoms with Crippen LogP contribution < -0.4 is 61.3 Å². The van der Waals surface area contributed by atoms with Crippen LogP contribution in [0.3, 0.4) is 0 Å². The summed E-state index contributed by atoms with van der Waals surface area (Å²) >= 11 is 0. The zero-order valence-corrected chi connectivity index (χ0v) is 63.6. The molecule has 540 valence electrons. The molecule has 36 heteroatoms. The van der Waals surface area contributed by atoms with E-state index in [9.17, 15) is 40.9 Å². The first-order valence-corrected chi connectivity index (χ1v) is 26.7. The van der Waals surface area contributed by atoms with Gasteiger partial charge in [-0.15, -0.1) is 0 Å². The summed E-state index contributed by atoms with van der Waals surface area (Å²) in [6.45, 7) is -1.02. The SMILES string of the molecule is CO.CO.CO.CO.C[O-].C[O-].C[O-].C[O-].[Gd+3].[Gd+3].[Gd+3].[Gd+3].[O-]/C(=N\N=C\c1ccccc1[O-])c1cccc(CO)n1.[O-]/C(=N\N=C\c1ccccc1[O-])c1cccc(CO)n1.[O-]/C(=N\N=C\c1ccccc1[O-])c1cccc(CO)n1.[O-]/C(=N\N=C\c1ccccc1[O-])c1cccc(CO)n1. The van der Waals surface area contributed by atoms with Crippen LogP contribution in [0.2, 0.25) is 0 Å². The molecule has 0 fully saturated rings. The first kappa shape index (κ1) is 110. The number of nitrogens with zero attached hydrogens (tertiary/aromatic N) is 12. The number of rotatable bonds is 16. The summed E-state index contributed by atoms with van der Waals surface area (Å²) in [5, 5.41) is 217. The number of aromatic nitrogens is 4. The van der Waals surface area contributed by atoms with Crippen molar-refractivity contribution in [1.82, 2.24) is 19.9 Å². The van der Waals surface area contributed by atoms with Crippen LogP contribution in [-0.4, -0.2) is 166 Å². The zero-order valence-electron chi connectivity index (χ0n) is 54.6. The summed E-state index contributed by atoms with van der Waals surface area (Å²) in [6, 6.07) is 43.8. The van der Waals surface area contributed by atoms with Crippen molar-refractivity contribution in [1.29, 1.82) is 0 Å². The standard InChI is InChI=1S/4C14H13N3O3.4CH4O.4CH3O.4Gd/c4*18-9-11-5-3-6-12(16-11)14(20)17-15-8-10-4-1-2-7-13(10)19;8*1-2;;;;/h4*1-8,18-19H,9H2,(H,17,20);4*2H,1H3;4*1H3;;;;/q;;;;;;;;4*-1;4*+3/p-8/b4*15-8+;;;;;;;;;;;;. The molecule has 8 N–H and O–H groups in total. The molecule has 4 heterocycles. The summed E-state index contributed by atoms with van der Waals surface area (Å²) in [5.74, 6) is -3.34. The smallest absolute Gasteiger partial charge is 0.872 e. The fraction of sp³-hybridized carbons (Fsp3) is 0.188. The number of aliphatic hydroxyl groups is 8. The molecule has 0 atom stereocenters. The van der Waals surface area contributed by atoms with Crippen LogP contribution in [0.4, 0.5) is 0 Å². The van der Waals surface area contributed by atoms with Gasteiger partial charge in [0.25, 0.3) is 0 Å². The van der Waals surface area contributed by atoms with Gasteiger partial charge in [-0.2, -0.15) is 69.3 Å². The quantitative estimate of drug-likeness (QED) is 0.0253. The first-order valence-electron chi connectivity index (χ1n) is 26.7. The van der Waals surface area contributed by atoms with Crippen LogP contribution >= 0.6 is 0 Å². The molecule has 0 aliphatic carbocycles. The van der Waals surface area contributed by atoms with Crippen molar-refractivity contribution in [2.45, 2.75) is 26.4 Å². The summed E-state index contributed by atoms with van der Waals surface area (Å²) in [4.78, 5) is 15.6. The van der Waals surface area contributed by atoms with E-state index >= 15 is 0 Å². The molecule has 32 nitrogen and oxygen atoms in total. The second-order valence-corrected chi connectivity index (χ2v) is 15.4. The molecule has 0 saturated heterocycles. The molecule has 8 aromatic rings. The fourth-order valence-electron chi connectivity index (χ4n) is 5.87. The Hall–Kier alpha value is -5.94. The Morgan fingerprint density at radius 3 is 0.590 bits per heavy atom. The number of hydrogen-bond donors (Lipinski definition) is 8. The Bertz CT molecular complexity index is 3120. The minimum Gasteiger partial charge on any atom is -0.872 e. The molecule has 100 heavy (non-hydrogen) atoms. The minimum atomic E-state index is -0.639. The molecule has 0 bridgehead atoms. The van der Waals surface area contributed by atoms with Crippen LogP contribution in [0.15, 0.2) is 211 Å². The van der Waals surface area contributed by atoms with E-state index in [1.165, 1.54) is 73.4 Å². The van der Waals surface area contributed by atoms with Gasteiger partial charge in [0.1, 0.15) is 0 Å². The van der Waals surface area contributed by atoms with Gasteiger partial charge in [-0.05, 0) is 70.8 Å². The molecular weight excluding hydrogens is 1890 g/mol. The maximum absolute atomic E-state index is 11.7. The van der Waals surface area contributed by atoms with Crippen LogP contribution in [0.5, 0.6) is 23.0 Å². The van der Waals surface area contributed by atoms with E-state index in [4.69, 9.17) is 61.3 Å². The summed E-state index contributed by atoms with van der Waals surface area (Å²) in [5.41, 5.74) is 3.24. The number of hydrogen-bond acceptors (Lipinski definition) is 32. The topological polar surface area (TPSA) is 589 Å². The van der Waals surface area contributed by atoms with Crippen LogP contribution in [0, 0.1) is 160 Å². The zero-order chi connectivity index (χ0) is 73.5. The van der Waals surface area contributed by atoms with Gasteiger partial charge in [0.15, 0.2) is 0 Å². The van der Waals surface area contributed by atoms with Gasteiger partial charge < -0.3 is 102 Å². The van der Waals surface area contributed by atoms with Gasteiger partial charge in [0.2, 0.25) is 0 Å². The predicted octanol–water partition coefficient (Wildman–Crippen LogP) is -6.51. The molecule has 0 unspecified atom stereocenters. The predicted molar refractivity (Wildman–Crippen MR) is 337 cm³/mol. The van der Waals surface area contributed by atoms with Crippen molar-refractivity contribution in [2.24, 2.45) is 40.8 Å². The molecule has 0 spiro atoms. The van der Waals surface area contributed by atoms with Gasteiger partial charge in [0, 0.05) is 52.0 Å². The molecule has 4 aromatic heterocycles. The molecule has 4 aromatic carbocycles. The van der Waals surface area contributed by atoms with E-state index in [1.54, 1.807) is 121 Å². The Kier molecular flexibility index (Phi) is 83.3. The monoisotopic (exact) mass is 1960 g/mol. The average molecular weight is 1960 g/mol. The van der Waals surface area contributed by atoms with Gasteiger partial charge in [-0.25, -0.2) is 19.9 Å². The minimum absolute atomic E-state index is 0. The van der Waals surface area contributed by atoms with Crippen molar-refractivity contribution in [3.63, 3.8) is 0 Å². The Morgan fingerprint density at radius 2 is 0.440 bits per heavy atom. The van der Waals surface area contributed by atoms with E-state index in [-0.39, 0.29) is 232 Å². The van der Waals surface area contributed by atoms with Gasteiger partial charge in [0.05, 0.1) is 96.8 Å². The third-order valence-corrected chi connectivity index (χ3v) is 9.81. The van der Waals surface area contributed by atoms with E-state index in [1.807, 2.05) is 0 Å². The largest absolute Gasteiger partial charge is 3.00 e. The number of benzene rings is 4. The van der Waals surface area contributed by atoms with E-state index < -0.39 is 23.6 Å². The number of pyridine rings is 4. The second-order valence-electron chi connectivity index (χ2n) is 15.4. The summed E-state index contributed by atoms with van der Waals surface area (Å²) < 4.78 is 0. The molecule has 0 saturated carbocycles. The van der Waals surface area contributed by atoms with Crippen molar-refractivity contribution >= 4 is 48.4 Å². The maximum Gasteiger partial charge on any atom is 3.00 e. The Balaban J connectivity index is -0.000000174. The molecule has 0 amide bonds. The van der Waals surface area contributed by atoms with Gasteiger partial charge in [-0.3, -0.25) is 0 Å². The molecule has 0 aliphatic heterocycles. The normalized spacial score (nSPS) is 10.0. The van der Waals surface area contributed by atoms with Crippen molar-refractivity contribution in [2.75, 3.05) is 56.9 Å². The van der Waals surface area contributed by atoms with Crippen molar-refractivity contribution in [3.05, 3.63) is 238 Å². The van der Waals surface area contributed by atoms with Crippen molar-refractivity contribution in [3.8, 4) is 23.0 Å². The van der Waals surface area contributed by atoms with Gasteiger partial charge >= 0.3 is 160 Å². The summed E-state index contributed by atoms with van der Waals surface area (Å²) in [7, 11) is 7.00. The Morgan fingerprint density at radius 1 is 0.280 bits per heavy atom.